The second-order valence-electron chi connectivity index (χ2n) is 6.81. The average Bonchev–Trinajstić information content (AvgIpc) is 3.39. The first kappa shape index (κ1) is 18.7. The first-order valence-electron chi connectivity index (χ1n) is 9.27. The number of tetrazole rings is 1. The van der Waals surface area contributed by atoms with Gasteiger partial charge in [-0.1, -0.05) is 0 Å². The fraction of sp³-hybridized carbons (Fsp3) is 0.471. The molecule has 0 radical (unpaired) electrons. The van der Waals surface area contributed by atoms with Crippen LogP contribution in [0.15, 0.2) is 41.8 Å². The van der Waals surface area contributed by atoms with Gasteiger partial charge in [-0.05, 0) is 43.0 Å². The zero-order valence-corrected chi connectivity index (χ0v) is 16.4. The van der Waals surface area contributed by atoms with Gasteiger partial charge < -0.3 is 0 Å². The first-order chi connectivity index (χ1) is 13.6. The lowest BCUT2D eigenvalue weighted by molar-refractivity contribution is 0.231. The molecule has 0 N–H and O–H groups in total. The van der Waals surface area contributed by atoms with Gasteiger partial charge in [-0.2, -0.15) is 14.2 Å². The molecule has 0 aliphatic carbocycles. The van der Waals surface area contributed by atoms with Gasteiger partial charge in [0.25, 0.3) is 0 Å². The minimum absolute atomic E-state index is 0.129. The van der Waals surface area contributed by atoms with Crippen LogP contribution in [0.2, 0.25) is 0 Å². The van der Waals surface area contributed by atoms with E-state index < -0.39 is 10.0 Å². The molecule has 0 aromatic carbocycles. The number of sulfonamides is 1. The summed E-state index contributed by atoms with van der Waals surface area (Å²) in [7, 11) is -3.54. The molecule has 1 fully saturated rings. The van der Waals surface area contributed by atoms with E-state index in [4.69, 9.17) is 0 Å². The Hall–Kier alpha value is -2.66. The van der Waals surface area contributed by atoms with Crippen LogP contribution in [0.25, 0.3) is 11.4 Å². The van der Waals surface area contributed by atoms with Crippen molar-refractivity contribution in [1.82, 2.24) is 39.3 Å². The van der Waals surface area contributed by atoms with Gasteiger partial charge in [0, 0.05) is 43.8 Å². The smallest absolute Gasteiger partial charge is 0.246 e. The molecule has 0 unspecified atom stereocenters. The van der Waals surface area contributed by atoms with E-state index in [0.717, 1.165) is 18.4 Å². The number of nitrogens with zero attached hydrogens (tertiary/aromatic N) is 8. The standard InChI is InChI=1S/C17H22N8O2S/c1-2-23-13-16(10-19-23)28(26,27)24-9-3-4-14(11-24)12-25-21-17(20-22-25)15-5-7-18-8-6-15/h5-8,10,13-14H,2-4,9,11-12H2,1H3/t14-/m0/s1. The van der Waals surface area contributed by atoms with E-state index in [1.807, 2.05) is 19.1 Å². The number of piperidine rings is 1. The van der Waals surface area contributed by atoms with Crippen molar-refractivity contribution in [3.8, 4) is 11.4 Å². The predicted octanol–water partition coefficient (Wildman–Crippen LogP) is 1.05. The molecule has 1 saturated heterocycles. The lowest BCUT2D eigenvalue weighted by atomic mass is 10.00. The first-order valence-corrected chi connectivity index (χ1v) is 10.7. The summed E-state index contributed by atoms with van der Waals surface area (Å²) in [5.41, 5.74) is 0.849. The molecule has 0 spiro atoms. The van der Waals surface area contributed by atoms with E-state index in [1.54, 1.807) is 32.4 Å². The van der Waals surface area contributed by atoms with Crippen LogP contribution in [-0.4, -0.2) is 60.8 Å². The van der Waals surface area contributed by atoms with Gasteiger partial charge in [0.2, 0.25) is 15.8 Å². The highest BCUT2D eigenvalue weighted by Crippen LogP contribution is 2.24. The molecule has 0 bridgehead atoms. The van der Waals surface area contributed by atoms with Gasteiger partial charge in [-0.25, -0.2) is 8.42 Å². The Balaban J connectivity index is 1.45. The van der Waals surface area contributed by atoms with Gasteiger partial charge in [0.15, 0.2) is 0 Å². The van der Waals surface area contributed by atoms with Crippen LogP contribution in [0.5, 0.6) is 0 Å². The average molecular weight is 402 g/mol. The van der Waals surface area contributed by atoms with Crippen molar-refractivity contribution in [2.75, 3.05) is 13.1 Å². The van der Waals surface area contributed by atoms with Gasteiger partial charge in [-0.15, -0.1) is 10.2 Å². The Morgan fingerprint density at radius 3 is 2.82 bits per heavy atom. The summed E-state index contributed by atoms with van der Waals surface area (Å²) in [6.07, 6.45) is 8.09. The van der Waals surface area contributed by atoms with Gasteiger partial charge in [-0.3, -0.25) is 9.67 Å². The molecule has 1 aliphatic rings. The normalized spacial score (nSPS) is 18.4. The second kappa shape index (κ2) is 7.76. The molecule has 0 saturated carbocycles. The molecule has 4 rings (SSSR count). The number of hydrogen-bond acceptors (Lipinski definition) is 7. The molecule has 1 atom stereocenters. The Bertz CT molecular complexity index is 1030. The molecule has 3 aromatic heterocycles. The summed E-state index contributed by atoms with van der Waals surface area (Å²) in [6.45, 7) is 4.04. The molecular formula is C17H22N8O2S. The summed E-state index contributed by atoms with van der Waals surface area (Å²) >= 11 is 0. The minimum Gasteiger partial charge on any atom is -0.272 e. The Morgan fingerprint density at radius 1 is 1.25 bits per heavy atom. The summed E-state index contributed by atoms with van der Waals surface area (Å²) in [5, 5.41) is 16.7. The zero-order valence-electron chi connectivity index (χ0n) is 15.6. The van der Waals surface area contributed by atoms with Crippen molar-refractivity contribution in [1.29, 1.82) is 0 Å². The van der Waals surface area contributed by atoms with Crippen LogP contribution < -0.4 is 0 Å². The summed E-state index contributed by atoms with van der Waals surface area (Å²) in [5.74, 6) is 0.666. The number of hydrogen-bond donors (Lipinski definition) is 0. The monoisotopic (exact) mass is 402 g/mol. The number of rotatable bonds is 6. The molecule has 148 valence electrons. The van der Waals surface area contributed by atoms with Crippen LogP contribution in [0, 0.1) is 5.92 Å². The highest BCUT2D eigenvalue weighted by molar-refractivity contribution is 7.89. The van der Waals surface area contributed by atoms with Crippen LogP contribution in [0.4, 0.5) is 0 Å². The maximum Gasteiger partial charge on any atom is 0.246 e. The summed E-state index contributed by atoms with van der Waals surface area (Å²) < 4.78 is 29.0. The summed E-state index contributed by atoms with van der Waals surface area (Å²) in [6, 6.07) is 3.65. The third kappa shape index (κ3) is 3.80. The van der Waals surface area contributed by atoms with Gasteiger partial charge in [0.1, 0.15) is 4.90 Å². The van der Waals surface area contributed by atoms with Crippen molar-refractivity contribution in [3.63, 3.8) is 0 Å². The predicted molar refractivity (Wildman–Crippen MR) is 100 cm³/mol. The van der Waals surface area contributed by atoms with Crippen LogP contribution in [-0.2, 0) is 23.1 Å². The van der Waals surface area contributed by atoms with Crippen LogP contribution in [0.1, 0.15) is 19.8 Å². The minimum atomic E-state index is -3.54. The van der Waals surface area contributed by atoms with E-state index in [1.165, 1.54) is 6.20 Å². The van der Waals surface area contributed by atoms with Gasteiger partial charge in [0.05, 0.1) is 12.7 Å². The zero-order chi connectivity index (χ0) is 19.6. The Kier molecular flexibility index (Phi) is 5.18. The van der Waals surface area contributed by atoms with E-state index in [0.29, 0.717) is 32.0 Å². The third-order valence-corrected chi connectivity index (χ3v) is 6.68. The van der Waals surface area contributed by atoms with E-state index in [2.05, 4.69) is 25.5 Å². The maximum absolute atomic E-state index is 12.9. The van der Waals surface area contributed by atoms with Crippen molar-refractivity contribution in [3.05, 3.63) is 36.9 Å². The van der Waals surface area contributed by atoms with Gasteiger partial charge >= 0.3 is 0 Å². The third-order valence-electron chi connectivity index (χ3n) is 4.87. The Morgan fingerprint density at radius 2 is 2.07 bits per heavy atom. The largest absolute Gasteiger partial charge is 0.272 e. The quantitative estimate of drug-likeness (QED) is 0.606. The van der Waals surface area contributed by atoms with Crippen molar-refractivity contribution >= 4 is 10.0 Å². The van der Waals surface area contributed by atoms with Crippen LogP contribution in [0.3, 0.4) is 0 Å². The molecule has 10 nitrogen and oxygen atoms in total. The fourth-order valence-electron chi connectivity index (χ4n) is 3.36. The van der Waals surface area contributed by atoms with E-state index in [9.17, 15) is 8.42 Å². The lowest BCUT2D eigenvalue weighted by Crippen LogP contribution is -2.41. The van der Waals surface area contributed by atoms with Crippen molar-refractivity contribution in [2.45, 2.75) is 37.8 Å². The second-order valence-corrected chi connectivity index (χ2v) is 8.74. The fourth-order valence-corrected chi connectivity index (χ4v) is 4.87. The molecule has 1 aliphatic heterocycles. The molecule has 0 amide bonds. The highest BCUT2D eigenvalue weighted by Gasteiger charge is 2.31. The van der Waals surface area contributed by atoms with Crippen molar-refractivity contribution in [2.24, 2.45) is 5.92 Å². The van der Waals surface area contributed by atoms with Crippen molar-refractivity contribution < 1.29 is 8.42 Å². The highest BCUT2D eigenvalue weighted by atomic mass is 32.2. The maximum atomic E-state index is 12.9. The number of pyridine rings is 1. The molecular weight excluding hydrogens is 380 g/mol. The Labute approximate surface area is 163 Å². The topological polar surface area (TPSA) is 112 Å². The lowest BCUT2D eigenvalue weighted by Gasteiger charge is -2.31. The summed E-state index contributed by atoms with van der Waals surface area (Å²) in [4.78, 5) is 5.77. The SMILES string of the molecule is CCn1cc(S(=O)(=O)N2CCC[C@H](Cn3nnc(-c4ccncc4)n3)C2)cn1. The molecule has 11 heteroatoms. The van der Waals surface area contributed by atoms with E-state index >= 15 is 0 Å². The molecule has 28 heavy (non-hydrogen) atoms. The number of aromatic nitrogens is 7. The molecule has 4 heterocycles. The van der Waals surface area contributed by atoms with Crippen LogP contribution >= 0.6 is 0 Å². The number of aryl methyl sites for hydroxylation is 1. The molecule has 3 aromatic rings. The van der Waals surface area contributed by atoms with E-state index in [-0.39, 0.29) is 10.8 Å².